The molecule has 0 aromatic heterocycles. The molecule has 0 bridgehead atoms. The van der Waals surface area contributed by atoms with Crippen LogP contribution in [-0.2, 0) is 11.2 Å². The predicted molar refractivity (Wildman–Crippen MR) is 67.8 cm³/mol. The maximum absolute atomic E-state index is 11.2. The molecule has 0 saturated carbocycles. The van der Waals surface area contributed by atoms with E-state index >= 15 is 0 Å². The molecular formula is C15H12O3. The van der Waals surface area contributed by atoms with Gasteiger partial charge in [-0.1, -0.05) is 18.2 Å². The van der Waals surface area contributed by atoms with E-state index in [1.54, 1.807) is 7.11 Å². The van der Waals surface area contributed by atoms with Crippen LogP contribution in [0.3, 0.4) is 0 Å². The highest BCUT2D eigenvalue weighted by molar-refractivity contribution is 5.82. The van der Waals surface area contributed by atoms with Crippen molar-refractivity contribution in [2.75, 3.05) is 7.11 Å². The number of rotatable bonds is 2. The summed E-state index contributed by atoms with van der Waals surface area (Å²) in [4.78, 5) is 11.2. The van der Waals surface area contributed by atoms with Crippen molar-refractivity contribution < 1.29 is 14.3 Å². The molecule has 1 aliphatic heterocycles. The van der Waals surface area contributed by atoms with Crippen molar-refractivity contribution in [1.29, 1.82) is 0 Å². The monoisotopic (exact) mass is 240 g/mol. The number of methoxy groups -OCH3 is 1. The first-order valence-electron chi connectivity index (χ1n) is 5.74. The smallest absolute Gasteiger partial charge is 0.315 e. The third kappa shape index (κ3) is 1.84. The van der Waals surface area contributed by atoms with Gasteiger partial charge in [0.25, 0.3) is 0 Å². The Morgan fingerprint density at radius 1 is 1.06 bits per heavy atom. The van der Waals surface area contributed by atoms with Crippen LogP contribution in [-0.4, -0.2) is 13.1 Å². The summed E-state index contributed by atoms with van der Waals surface area (Å²) >= 11 is 0. The van der Waals surface area contributed by atoms with Gasteiger partial charge in [0.2, 0.25) is 0 Å². The van der Waals surface area contributed by atoms with Crippen molar-refractivity contribution in [3.63, 3.8) is 0 Å². The number of ether oxygens (including phenoxy) is 2. The Labute approximate surface area is 105 Å². The zero-order valence-corrected chi connectivity index (χ0v) is 9.97. The number of hydrogen-bond acceptors (Lipinski definition) is 3. The lowest BCUT2D eigenvalue weighted by molar-refractivity contribution is -0.131. The van der Waals surface area contributed by atoms with Gasteiger partial charge in [-0.15, -0.1) is 0 Å². The average Bonchev–Trinajstić information content (AvgIpc) is 2.78. The lowest BCUT2D eigenvalue weighted by Gasteiger charge is -2.05. The summed E-state index contributed by atoms with van der Waals surface area (Å²) in [6.45, 7) is 0. The molecule has 1 heterocycles. The van der Waals surface area contributed by atoms with E-state index in [1.165, 1.54) is 0 Å². The van der Waals surface area contributed by atoms with Crippen LogP contribution in [0.25, 0.3) is 11.1 Å². The van der Waals surface area contributed by atoms with Gasteiger partial charge < -0.3 is 9.47 Å². The summed E-state index contributed by atoms with van der Waals surface area (Å²) in [5.41, 5.74) is 3.13. The maximum Gasteiger partial charge on any atom is 0.315 e. The van der Waals surface area contributed by atoms with Crippen LogP contribution in [0.2, 0.25) is 0 Å². The number of carbonyl (C=O) groups excluding carboxylic acids is 1. The van der Waals surface area contributed by atoms with Crippen LogP contribution in [0.5, 0.6) is 11.5 Å². The standard InChI is InChI=1S/C15H12O3/c1-17-13-5-2-10(3-6-13)11-4-7-14-12(8-11)9-15(16)18-14/h2-8H,9H2,1H3. The molecule has 2 aromatic carbocycles. The molecule has 0 unspecified atom stereocenters. The highest BCUT2D eigenvalue weighted by Crippen LogP contribution is 2.31. The zero-order chi connectivity index (χ0) is 12.5. The lowest BCUT2D eigenvalue weighted by atomic mass is 10.0. The Bertz CT molecular complexity index is 600. The van der Waals surface area contributed by atoms with E-state index in [4.69, 9.17) is 9.47 Å². The second kappa shape index (κ2) is 4.18. The number of benzene rings is 2. The van der Waals surface area contributed by atoms with E-state index in [0.717, 1.165) is 22.4 Å². The first-order valence-corrected chi connectivity index (χ1v) is 5.74. The largest absolute Gasteiger partial charge is 0.497 e. The van der Waals surface area contributed by atoms with Crippen molar-refractivity contribution in [2.45, 2.75) is 6.42 Å². The van der Waals surface area contributed by atoms with E-state index in [1.807, 2.05) is 42.5 Å². The van der Waals surface area contributed by atoms with Gasteiger partial charge in [0.15, 0.2) is 0 Å². The first kappa shape index (κ1) is 10.8. The van der Waals surface area contributed by atoms with E-state index in [9.17, 15) is 4.79 Å². The number of esters is 1. The second-order valence-corrected chi connectivity index (χ2v) is 4.20. The molecule has 0 N–H and O–H groups in total. The van der Waals surface area contributed by atoms with Crippen molar-refractivity contribution in [3.05, 3.63) is 48.0 Å². The number of hydrogen-bond donors (Lipinski definition) is 0. The predicted octanol–water partition coefficient (Wildman–Crippen LogP) is 2.82. The molecule has 90 valence electrons. The summed E-state index contributed by atoms with van der Waals surface area (Å²) in [6, 6.07) is 13.6. The quantitative estimate of drug-likeness (QED) is 0.598. The van der Waals surface area contributed by atoms with Crippen molar-refractivity contribution >= 4 is 5.97 Å². The molecule has 0 radical (unpaired) electrons. The van der Waals surface area contributed by atoms with Crippen LogP contribution >= 0.6 is 0 Å². The molecule has 0 saturated heterocycles. The number of carbonyl (C=O) groups is 1. The van der Waals surface area contributed by atoms with Gasteiger partial charge in [-0.05, 0) is 35.4 Å². The van der Waals surface area contributed by atoms with Gasteiger partial charge in [-0.3, -0.25) is 4.79 Å². The molecule has 3 rings (SSSR count). The second-order valence-electron chi connectivity index (χ2n) is 4.20. The Morgan fingerprint density at radius 2 is 1.78 bits per heavy atom. The summed E-state index contributed by atoms with van der Waals surface area (Å²) in [5, 5.41) is 0. The molecule has 18 heavy (non-hydrogen) atoms. The van der Waals surface area contributed by atoms with Crippen LogP contribution in [0.1, 0.15) is 5.56 Å². The van der Waals surface area contributed by atoms with Crippen LogP contribution in [0, 0.1) is 0 Å². The van der Waals surface area contributed by atoms with Gasteiger partial charge >= 0.3 is 5.97 Å². The topological polar surface area (TPSA) is 35.5 Å². The van der Waals surface area contributed by atoms with E-state index in [-0.39, 0.29) is 5.97 Å². The zero-order valence-electron chi connectivity index (χ0n) is 9.97. The van der Waals surface area contributed by atoms with Crippen LogP contribution in [0.4, 0.5) is 0 Å². The normalized spacial score (nSPS) is 13.1. The Kier molecular flexibility index (Phi) is 2.52. The lowest BCUT2D eigenvalue weighted by Crippen LogP contribution is -1.99. The molecular weight excluding hydrogens is 228 g/mol. The fourth-order valence-corrected chi connectivity index (χ4v) is 2.09. The van der Waals surface area contributed by atoms with Crippen molar-refractivity contribution in [3.8, 4) is 22.6 Å². The Morgan fingerprint density at radius 3 is 2.50 bits per heavy atom. The van der Waals surface area contributed by atoms with Crippen molar-refractivity contribution in [1.82, 2.24) is 0 Å². The summed E-state index contributed by atoms with van der Waals surface area (Å²) in [5.74, 6) is 1.33. The molecule has 2 aromatic rings. The third-order valence-electron chi connectivity index (χ3n) is 3.04. The molecule has 3 nitrogen and oxygen atoms in total. The van der Waals surface area contributed by atoms with Crippen LogP contribution < -0.4 is 9.47 Å². The van der Waals surface area contributed by atoms with Crippen LogP contribution in [0.15, 0.2) is 42.5 Å². The van der Waals surface area contributed by atoms with Crippen molar-refractivity contribution in [2.24, 2.45) is 0 Å². The van der Waals surface area contributed by atoms with E-state index in [2.05, 4.69) is 0 Å². The maximum atomic E-state index is 11.2. The minimum atomic E-state index is -0.183. The van der Waals surface area contributed by atoms with E-state index in [0.29, 0.717) is 12.2 Å². The molecule has 0 amide bonds. The van der Waals surface area contributed by atoms with Gasteiger partial charge in [-0.25, -0.2) is 0 Å². The molecule has 0 aliphatic carbocycles. The van der Waals surface area contributed by atoms with Gasteiger partial charge in [0.1, 0.15) is 11.5 Å². The van der Waals surface area contributed by atoms with Gasteiger partial charge in [-0.2, -0.15) is 0 Å². The molecule has 3 heteroatoms. The average molecular weight is 240 g/mol. The third-order valence-corrected chi connectivity index (χ3v) is 3.04. The highest BCUT2D eigenvalue weighted by Gasteiger charge is 2.20. The van der Waals surface area contributed by atoms with Gasteiger partial charge in [0.05, 0.1) is 13.5 Å². The first-order chi connectivity index (χ1) is 8.76. The minimum absolute atomic E-state index is 0.183. The van der Waals surface area contributed by atoms with Gasteiger partial charge in [0, 0.05) is 5.56 Å². The minimum Gasteiger partial charge on any atom is -0.497 e. The molecule has 1 aliphatic rings. The molecule has 0 atom stereocenters. The fourth-order valence-electron chi connectivity index (χ4n) is 2.09. The molecule has 0 spiro atoms. The number of fused-ring (bicyclic) bond motifs is 1. The summed E-state index contributed by atoms with van der Waals surface area (Å²) < 4.78 is 10.2. The summed E-state index contributed by atoms with van der Waals surface area (Å²) in [6.07, 6.45) is 0.360. The molecule has 0 fully saturated rings. The van der Waals surface area contributed by atoms with E-state index < -0.39 is 0 Å². The highest BCUT2D eigenvalue weighted by atomic mass is 16.5. The Hall–Kier alpha value is -2.29. The Balaban J connectivity index is 1.97. The SMILES string of the molecule is COc1ccc(-c2ccc3c(c2)CC(=O)O3)cc1. The fraction of sp³-hybridized carbons (Fsp3) is 0.133. The summed E-state index contributed by atoms with van der Waals surface area (Å²) in [7, 11) is 1.65.